The molecule has 1 aliphatic rings. The highest BCUT2D eigenvalue weighted by Crippen LogP contribution is 2.32. The van der Waals surface area contributed by atoms with Crippen LogP contribution in [-0.4, -0.2) is 37.1 Å². The van der Waals surface area contributed by atoms with Gasteiger partial charge in [-0.15, -0.1) is 0 Å². The van der Waals surface area contributed by atoms with Gasteiger partial charge in [-0.2, -0.15) is 0 Å². The first-order valence-corrected chi connectivity index (χ1v) is 9.56. The predicted octanol–water partition coefficient (Wildman–Crippen LogP) is 4.51. The molecule has 0 spiro atoms. The van der Waals surface area contributed by atoms with Crippen molar-refractivity contribution in [3.63, 3.8) is 0 Å². The molecule has 0 bridgehead atoms. The van der Waals surface area contributed by atoms with E-state index in [0.717, 1.165) is 18.9 Å². The molecule has 27 heavy (non-hydrogen) atoms. The topological polar surface area (TPSA) is 42.4 Å². The summed E-state index contributed by atoms with van der Waals surface area (Å²) in [5, 5.41) is 0. The van der Waals surface area contributed by atoms with Crippen LogP contribution in [0.1, 0.15) is 49.7 Å². The largest absolute Gasteiger partial charge is 0.492 e. The van der Waals surface area contributed by atoms with Crippen molar-refractivity contribution in [2.75, 3.05) is 31.3 Å². The number of rotatable bonds is 9. The van der Waals surface area contributed by atoms with Crippen LogP contribution in [-0.2, 0) is 4.79 Å². The molecular weight excluding hydrogens is 343 g/mol. The van der Waals surface area contributed by atoms with Gasteiger partial charge in [0.15, 0.2) is 0 Å². The van der Waals surface area contributed by atoms with Crippen LogP contribution in [0.15, 0.2) is 42.6 Å². The van der Waals surface area contributed by atoms with E-state index in [1.807, 2.05) is 12.1 Å². The monoisotopic (exact) mass is 370 g/mol. The summed E-state index contributed by atoms with van der Waals surface area (Å²) in [6.45, 7) is 5.64. The molecule has 1 aliphatic heterocycles. The molecule has 0 radical (unpaired) electrons. The lowest BCUT2D eigenvalue weighted by Gasteiger charge is -2.40. The fraction of sp³-hybridized carbons (Fsp3) is 0.455. The van der Waals surface area contributed by atoms with Gasteiger partial charge < -0.3 is 14.4 Å². The molecule has 0 saturated carbocycles. The quantitative estimate of drug-likeness (QED) is 0.609. The highest BCUT2D eigenvalue weighted by atomic mass is 19.1. The summed E-state index contributed by atoms with van der Waals surface area (Å²) in [6, 6.07) is 12.5. The van der Waals surface area contributed by atoms with Crippen molar-refractivity contribution in [2.45, 2.75) is 38.5 Å². The lowest BCUT2D eigenvalue weighted by Crippen LogP contribution is -2.45. The molecule has 1 aromatic carbocycles. The summed E-state index contributed by atoms with van der Waals surface area (Å²) >= 11 is 0. The first kappa shape index (κ1) is 19.3. The Morgan fingerprint density at radius 1 is 1.26 bits per heavy atom. The zero-order valence-corrected chi connectivity index (χ0v) is 16.0. The molecule has 5 heteroatoms. The number of ether oxygens (including phenoxy) is 1. The first-order valence-electron chi connectivity index (χ1n) is 9.56. The molecule has 1 atom stereocenters. The van der Waals surface area contributed by atoms with Crippen LogP contribution in [0.5, 0.6) is 5.75 Å². The molecule has 1 fully saturated rings. The minimum Gasteiger partial charge on any atom is -0.492 e. The Morgan fingerprint density at radius 3 is 2.59 bits per heavy atom. The number of aromatic nitrogens is 1. The third-order valence-corrected chi connectivity index (χ3v) is 5.04. The van der Waals surface area contributed by atoms with Gasteiger partial charge in [0.1, 0.15) is 17.4 Å². The Hall–Kier alpha value is -2.43. The van der Waals surface area contributed by atoms with Crippen molar-refractivity contribution < 1.29 is 13.9 Å². The molecule has 0 unspecified atom stereocenters. The second-order valence-corrected chi connectivity index (χ2v) is 7.32. The summed E-state index contributed by atoms with van der Waals surface area (Å²) in [4.78, 5) is 18.0. The van der Waals surface area contributed by atoms with Gasteiger partial charge in [0.05, 0.1) is 19.5 Å². The van der Waals surface area contributed by atoms with Crippen molar-refractivity contribution in [3.8, 4) is 5.75 Å². The average Bonchev–Trinajstić information content (AvgIpc) is 2.62. The Kier molecular flexibility index (Phi) is 6.43. The number of alkyl halides is 1. The van der Waals surface area contributed by atoms with Gasteiger partial charge in [0.2, 0.25) is 0 Å². The maximum absolute atomic E-state index is 12.1. The molecule has 3 rings (SSSR count). The van der Waals surface area contributed by atoms with Gasteiger partial charge in [-0.05, 0) is 36.1 Å². The predicted molar refractivity (Wildman–Crippen MR) is 105 cm³/mol. The minimum absolute atomic E-state index is 0.229. The van der Waals surface area contributed by atoms with E-state index in [-0.39, 0.29) is 18.4 Å². The molecule has 0 amide bonds. The van der Waals surface area contributed by atoms with E-state index in [4.69, 9.17) is 4.74 Å². The maximum atomic E-state index is 12.1. The van der Waals surface area contributed by atoms with E-state index in [0.29, 0.717) is 31.1 Å². The van der Waals surface area contributed by atoms with Gasteiger partial charge in [-0.1, -0.05) is 31.2 Å². The molecule has 2 heterocycles. The lowest BCUT2D eigenvalue weighted by atomic mass is 9.88. The van der Waals surface area contributed by atoms with Crippen LogP contribution in [0.4, 0.5) is 10.2 Å². The second-order valence-electron chi connectivity index (χ2n) is 7.32. The first-order chi connectivity index (χ1) is 13.1. The van der Waals surface area contributed by atoms with Gasteiger partial charge in [-0.25, -0.2) is 4.98 Å². The van der Waals surface area contributed by atoms with E-state index in [1.54, 1.807) is 13.1 Å². The Balaban J connectivity index is 1.51. The number of pyridine rings is 1. The molecule has 0 aliphatic carbocycles. The SMILES string of the molecule is CC(=O)C[C@@H](C)c1ccc(C2CN(c3ccc(OCCCF)cn3)C2)cc1. The van der Waals surface area contributed by atoms with Crippen LogP contribution in [0.2, 0.25) is 0 Å². The fourth-order valence-electron chi connectivity index (χ4n) is 3.41. The molecular formula is C22H27FN2O2. The average molecular weight is 370 g/mol. The van der Waals surface area contributed by atoms with Crippen molar-refractivity contribution in [1.29, 1.82) is 0 Å². The fourth-order valence-corrected chi connectivity index (χ4v) is 3.41. The van der Waals surface area contributed by atoms with Crippen molar-refractivity contribution >= 4 is 11.6 Å². The summed E-state index contributed by atoms with van der Waals surface area (Å²) in [6.07, 6.45) is 2.70. The summed E-state index contributed by atoms with van der Waals surface area (Å²) in [7, 11) is 0. The normalized spacial score (nSPS) is 15.3. The summed E-state index contributed by atoms with van der Waals surface area (Å²) in [5.41, 5.74) is 2.55. The smallest absolute Gasteiger partial charge is 0.137 e. The maximum Gasteiger partial charge on any atom is 0.137 e. The standard InChI is InChI=1S/C22H27FN2O2/c1-16(12-17(2)26)18-4-6-19(7-5-18)20-14-25(15-20)22-9-8-21(13-24-22)27-11-3-10-23/h4-9,13,16,20H,3,10-12,14-15H2,1-2H3/t16-/m1/s1. The number of carbonyl (C=O) groups is 1. The molecule has 1 aromatic heterocycles. The van der Waals surface area contributed by atoms with E-state index < -0.39 is 0 Å². The molecule has 1 saturated heterocycles. The summed E-state index contributed by atoms with van der Waals surface area (Å²) < 4.78 is 17.5. The van der Waals surface area contributed by atoms with Gasteiger partial charge >= 0.3 is 0 Å². The van der Waals surface area contributed by atoms with E-state index in [1.165, 1.54) is 11.1 Å². The van der Waals surface area contributed by atoms with E-state index >= 15 is 0 Å². The van der Waals surface area contributed by atoms with Crippen molar-refractivity contribution in [3.05, 3.63) is 53.7 Å². The molecule has 2 aromatic rings. The number of anilines is 1. The number of hydrogen-bond acceptors (Lipinski definition) is 4. The number of Topliss-reactive ketones (excluding diaryl/α,β-unsaturated/α-hetero) is 1. The van der Waals surface area contributed by atoms with Crippen LogP contribution in [0, 0.1) is 0 Å². The number of benzene rings is 1. The van der Waals surface area contributed by atoms with Crippen LogP contribution < -0.4 is 9.64 Å². The molecule has 144 valence electrons. The van der Waals surface area contributed by atoms with Crippen molar-refractivity contribution in [2.24, 2.45) is 0 Å². The minimum atomic E-state index is -0.364. The summed E-state index contributed by atoms with van der Waals surface area (Å²) in [5.74, 6) is 2.62. The second kappa shape index (κ2) is 8.98. The van der Waals surface area contributed by atoms with Crippen LogP contribution in [0.3, 0.4) is 0 Å². The van der Waals surface area contributed by atoms with E-state index in [2.05, 4.69) is 41.1 Å². The zero-order valence-electron chi connectivity index (χ0n) is 16.0. The Morgan fingerprint density at radius 2 is 2.00 bits per heavy atom. The van der Waals surface area contributed by atoms with Crippen LogP contribution >= 0.6 is 0 Å². The molecule has 0 N–H and O–H groups in total. The highest BCUT2D eigenvalue weighted by molar-refractivity contribution is 5.76. The zero-order chi connectivity index (χ0) is 19.2. The van der Waals surface area contributed by atoms with Crippen molar-refractivity contribution in [1.82, 2.24) is 4.98 Å². The third kappa shape index (κ3) is 5.06. The Bertz CT molecular complexity index is 740. The van der Waals surface area contributed by atoms with E-state index in [9.17, 15) is 9.18 Å². The number of ketones is 1. The van der Waals surface area contributed by atoms with Gasteiger partial charge in [-0.3, -0.25) is 4.39 Å². The van der Waals surface area contributed by atoms with Crippen LogP contribution in [0.25, 0.3) is 0 Å². The van der Waals surface area contributed by atoms with Gasteiger partial charge in [0, 0.05) is 31.8 Å². The Labute approximate surface area is 160 Å². The number of carbonyl (C=O) groups excluding carboxylic acids is 1. The highest BCUT2D eigenvalue weighted by Gasteiger charge is 2.29. The number of halogens is 1. The number of hydrogen-bond donors (Lipinski definition) is 0. The lowest BCUT2D eigenvalue weighted by molar-refractivity contribution is -0.117. The third-order valence-electron chi connectivity index (χ3n) is 5.04. The molecule has 4 nitrogen and oxygen atoms in total. The van der Waals surface area contributed by atoms with Gasteiger partial charge in [0.25, 0.3) is 0 Å². The number of nitrogens with zero attached hydrogens (tertiary/aromatic N) is 2.